The Bertz CT molecular complexity index is 730. The van der Waals surface area contributed by atoms with Gasteiger partial charge in [-0.25, -0.2) is 13.4 Å². The van der Waals surface area contributed by atoms with E-state index in [1.807, 2.05) is 4.90 Å². The lowest BCUT2D eigenvalue weighted by atomic mass is 9.80. The number of aromatic nitrogens is 2. The molecule has 3 heterocycles. The number of likely N-dealkylation sites (tertiary alicyclic amines) is 1. The van der Waals surface area contributed by atoms with E-state index in [-0.39, 0.29) is 11.8 Å². The smallest absolute Gasteiger partial charge is 0.225 e. The van der Waals surface area contributed by atoms with Crippen molar-refractivity contribution in [3.05, 3.63) is 17.7 Å². The maximum Gasteiger partial charge on any atom is 0.225 e. The van der Waals surface area contributed by atoms with Gasteiger partial charge in [0, 0.05) is 37.7 Å². The fourth-order valence-corrected chi connectivity index (χ4v) is 5.44. The summed E-state index contributed by atoms with van der Waals surface area (Å²) in [4.78, 5) is 21.8. The third-order valence-corrected chi connectivity index (χ3v) is 6.76. The number of carbonyl (C=O) groups excluding carboxylic acids is 1. The second kappa shape index (κ2) is 5.04. The SMILES string of the molecule is CS(=O)(=O)N1CCc2[nH]cnc2C12CCN(C(=O)C1CC1)CC2. The van der Waals surface area contributed by atoms with Crippen LogP contribution in [0.15, 0.2) is 6.33 Å². The lowest BCUT2D eigenvalue weighted by Gasteiger charge is -2.49. The van der Waals surface area contributed by atoms with Crippen molar-refractivity contribution in [2.45, 2.75) is 37.6 Å². The first-order valence-corrected chi connectivity index (χ1v) is 10.1. The van der Waals surface area contributed by atoms with Gasteiger partial charge in [-0.2, -0.15) is 4.31 Å². The normalized spacial score (nSPS) is 24.7. The summed E-state index contributed by atoms with van der Waals surface area (Å²) in [5.74, 6) is 0.450. The number of sulfonamides is 1. The minimum atomic E-state index is -3.32. The van der Waals surface area contributed by atoms with Crippen LogP contribution in [0.1, 0.15) is 37.1 Å². The van der Waals surface area contributed by atoms with Crippen LogP contribution in [-0.2, 0) is 26.8 Å². The van der Waals surface area contributed by atoms with Gasteiger partial charge in [0.15, 0.2) is 0 Å². The molecule has 126 valence electrons. The molecule has 1 N–H and O–H groups in total. The molecule has 1 amide bonds. The third-order valence-electron chi connectivity index (χ3n) is 5.43. The van der Waals surface area contributed by atoms with Crippen LogP contribution < -0.4 is 0 Å². The zero-order valence-corrected chi connectivity index (χ0v) is 14.1. The Balaban J connectivity index is 1.65. The Morgan fingerprint density at radius 1 is 1.30 bits per heavy atom. The summed E-state index contributed by atoms with van der Waals surface area (Å²) in [6.45, 7) is 1.69. The second-order valence-electron chi connectivity index (χ2n) is 6.95. The van der Waals surface area contributed by atoms with Crippen molar-refractivity contribution in [2.24, 2.45) is 5.92 Å². The Labute approximate surface area is 136 Å². The first kappa shape index (κ1) is 15.1. The number of nitrogens with zero attached hydrogens (tertiary/aromatic N) is 3. The summed E-state index contributed by atoms with van der Waals surface area (Å²) in [6.07, 6.45) is 6.83. The quantitative estimate of drug-likeness (QED) is 0.848. The first-order chi connectivity index (χ1) is 10.9. The molecule has 1 aliphatic carbocycles. The topological polar surface area (TPSA) is 86.4 Å². The Hall–Kier alpha value is -1.41. The highest BCUT2D eigenvalue weighted by Crippen LogP contribution is 2.44. The van der Waals surface area contributed by atoms with E-state index in [4.69, 9.17) is 0 Å². The molecule has 2 aliphatic heterocycles. The fraction of sp³-hybridized carbons (Fsp3) is 0.733. The predicted octanol–water partition coefficient (Wildman–Crippen LogP) is 0.455. The van der Waals surface area contributed by atoms with Crippen LogP contribution in [0.2, 0.25) is 0 Å². The van der Waals surface area contributed by atoms with Crippen molar-refractivity contribution in [1.29, 1.82) is 0 Å². The molecule has 0 atom stereocenters. The number of fused-ring (bicyclic) bond motifs is 2. The number of hydrogen-bond donors (Lipinski definition) is 1. The standard InChI is InChI=1S/C15H22N4O3S/c1-23(21,22)19-7-4-12-13(17-10-16-12)15(19)5-8-18(9-6-15)14(20)11-2-3-11/h10-11H,2-9H2,1H3,(H,16,17). The van der Waals surface area contributed by atoms with Crippen LogP contribution in [0.4, 0.5) is 0 Å². The number of piperidine rings is 1. The van der Waals surface area contributed by atoms with E-state index < -0.39 is 15.6 Å². The van der Waals surface area contributed by atoms with Crippen LogP contribution in [-0.4, -0.2) is 59.4 Å². The van der Waals surface area contributed by atoms with Crippen molar-refractivity contribution in [2.75, 3.05) is 25.9 Å². The summed E-state index contributed by atoms with van der Waals surface area (Å²) < 4.78 is 26.3. The van der Waals surface area contributed by atoms with Crippen molar-refractivity contribution < 1.29 is 13.2 Å². The molecule has 7 nitrogen and oxygen atoms in total. The van der Waals surface area contributed by atoms with Gasteiger partial charge in [-0.15, -0.1) is 0 Å². The fourth-order valence-electron chi connectivity index (χ4n) is 4.11. The molecule has 23 heavy (non-hydrogen) atoms. The highest BCUT2D eigenvalue weighted by Gasteiger charge is 2.51. The minimum Gasteiger partial charge on any atom is -0.348 e. The average Bonchev–Trinajstić information content (AvgIpc) is 3.24. The first-order valence-electron chi connectivity index (χ1n) is 8.21. The maximum absolute atomic E-state index is 12.3. The Morgan fingerprint density at radius 3 is 2.61 bits per heavy atom. The molecule has 0 unspecified atom stereocenters. The van der Waals surface area contributed by atoms with Gasteiger partial charge in [0.05, 0.1) is 23.8 Å². The molecular weight excluding hydrogens is 316 g/mol. The third kappa shape index (κ3) is 2.39. The van der Waals surface area contributed by atoms with Gasteiger partial charge in [0.25, 0.3) is 0 Å². The zero-order valence-electron chi connectivity index (χ0n) is 13.3. The second-order valence-corrected chi connectivity index (χ2v) is 8.85. The highest BCUT2D eigenvalue weighted by molar-refractivity contribution is 7.88. The van der Waals surface area contributed by atoms with Crippen LogP contribution in [0, 0.1) is 5.92 Å². The number of carbonyl (C=O) groups is 1. The number of rotatable bonds is 2. The van der Waals surface area contributed by atoms with E-state index in [0.29, 0.717) is 38.9 Å². The molecule has 1 spiro atoms. The lowest BCUT2D eigenvalue weighted by molar-refractivity contribution is -0.135. The Morgan fingerprint density at radius 2 is 2.00 bits per heavy atom. The molecule has 1 aromatic heterocycles. The van der Waals surface area contributed by atoms with E-state index in [2.05, 4.69) is 9.97 Å². The predicted molar refractivity (Wildman–Crippen MR) is 84.1 cm³/mol. The average molecular weight is 338 g/mol. The molecule has 3 aliphatic rings. The van der Waals surface area contributed by atoms with Gasteiger partial charge in [-0.3, -0.25) is 4.79 Å². The van der Waals surface area contributed by atoms with E-state index >= 15 is 0 Å². The van der Waals surface area contributed by atoms with Crippen LogP contribution in [0.5, 0.6) is 0 Å². The molecule has 8 heteroatoms. The van der Waals surface area contributed by atoms with Gasteiger partial charge in [0.1, 0.15) is 0 Å². The van der Waals surface area contributed by atoms with Crippen LogP contribution in [0.3, 0.4) is 0 Å². The van der Waals surface area contributed by atoms with Gasteiger partial charge in [-0.05, 0) is 25.7 Å². The summed E-state index contributed by atoms with van der Waals surface area (Å²) in [6, 6.07) is 0. The summed E-state index contributed by atoms with van der Waals surface area (Å²) in [5, 5.41) is 0. The van der Waals surface area contributed by atoms with Crippen LogP contribution in [0.25, 0.3) is 0 Å². The number of nitrogens with one attached hydrogen (secondary N) is 1. The van der Waals surface area contributed by atoms with E-state index in [9.17, 15) is 13.2 Å². The molecule has 0 radical (unpaired) electrons. The molecule has 4 rings (SSSR count). The number of aromatic amines is 1. The lowest BCUT2D eigenvalue weighted by Crippen LogP contribution is -2.58. The van der Waals surface area contributed by atoms with Gasteiger partial charge in [0.2, 0.25) is 15.9 Å². The monoisotopic (exact) mass is 338 g/mol. The highest BCUT2D eigenvalue weighted by atomic mass is 32.2. The maximum atomic E-state index is 12.3. The molecular formula is C15H22N4O3S. The van der Waals surface area contributed by atoms with Crippen molar-refractivity contribution in [3.63, 3.8) is 0 Å². The largest absolute Gasteiger partial charge is 0.348 e. The van der Waals surface area contributed by atoms with Crippen LogP contribution >= 0.6 is 0 Å². The molecule has 1 saturated carbocycles. The summed E-state index contributed by atoms with van der Waals surface area (Å²) in [7, 11) is -3.32. The zero-order chi connectivity index (χ0) is 16.2. The summed E-state index contributed by atoms with van der Waals surface area (Å²) >= 11 is 0. The van der Waals surface area contributed by atoms with E-state index in [1.165, 1.54) is 6.26 Å². The minimum absolute atomic E-state index is 0.211. The molecule has 0 aromatic carbocycles. The number of hydrogen-bond acceptors (Lipinski definition) is 4. The van der Waals surface area contributed by atoms with Crippen molar-refractivity contribution >= 4 is 15.9 Å². The molecule has 1 saturated heterocycles. The molecule has 0 bridgehead atoms. The van der Waals surface area contributed by atoms with Gasteiger partial charge < -0.3 is 9.88 Å². The van der Waals surface area contributed by atoms with Gasteiger partial charge >= 0.3 is 0 Å². The van der Waals surface area contributed by atoms with E-state index in [1.54, 1.807) is 10.6 Å². The van der Waals surface area contributed by atoms with Gasteiger partial charge in [-0.1, -0.05) is 0 Å². The summed E-state index contributed by atoms with van der Waals surface area (Å²) in [5.41, 5.74) is 1.29. The van der Waals surface area contributed by atoms with Crippen molar-refractivity contribution in [1.82, 2.24) is 19.2 Å². The number of imidazole rings is 1. The molecule has 2 fully saturated rings. The van der Waals surface area contributed by atoms with Crippen molar-refractivity contribution in [3.8, 4) is 0 Å². The van der Waals surface area contributed by atoms with E-state index in [0.717, 1.165) is 24.2 Å². The molecule has 1 aromatic rings. The number of amides is 1. The number of H-pyrrole nitrogens is 1. The Kier molecular flexibility index (Phi) is 3.32.